The standard InChI is InChI=1S/C13H8FN3O3/c14-11-2-1-9(6-15)10(5-11)7-16-8-12(17(19)20)3-4-13(16)18/h1-5,8H,7H2. The van der Waals surface area contributed by atoms with E-state index in [-0.39, 0.29) is 23.4 Å². The number of benzene rings is 1. The lowest BCUT2D eigenvalue weighted by atomic mass is 10.1. The average Bonchev–Trinajstić information content (AvgIpc) is 2.41. The van der Waals surface area contributed by atoms with Crippen LogP contribution in [0.4, 0.5) is 10.1 Å². The Labute approximate surface area is 112 Å². The Balaban J connectivity index is 2.47. The molecular weight excluding hydrogens is 265 g/mol. The maximum Gasteiger partial charge on any atom is 0.285 e. The van der Waals surface area contributed by atoms with Crippen molar-refractivity contribution in [1.29, 1.82) is 5.26 Å². The molecule has 100 valence electrons. The first-order valence-electron chi connectivity index (χ1n) is 5.54. The highest BCUT2D eigenvalue weighted by Crippen LogP contribution is 2.13. The number of nitro groups is 1. The van der Waals surface area contributed by atoms with Crippen molar-refractivity contribution in [3.63, 3.8) is 0 Å². The summed E-state index contributed by atoms with van der Waals surface area (Å²) >= 11 is 0. The second kappa shape index (κ2) is 5.32. The number of hydrogen-bond donors (Lipinski definition) is 0. The Kier molecular flexibility index (Phi) is 3.57. The highest BCUT2D eigenvalue weighted by atomic mass is 19.1. The van der Waals surface area contributed by atoms with E-state index in [0.29, 0.717) is 0 Å². The van der Waals surface area contributed by atoms with Gasteiger partial charge in [-0.3, -0.25) is 14.9 Å². The van der Waals surface area contributed by atoms with Crippen LogP contribution in [0.5, 0.6) is 0 Å². The van der Waals surface area contributed by atoms with Crippen LogP contribution >= 0.6 is 0 Å². The van der Waals surface area contributed by atoms with Crippen LogP contribution in [0.1, 0.15) is 11.1 Å². The van der Waals surface area contributed by atoms with Crippen molar-refractivity contribution >= 4 is 5.69 Å². The lowest BCUT2D eigenvalue weighted by molar-refractivity contribution is -0.385. The smallest absolute Gasteiger partial charge is 0.285 e. The van der Waals surface area contributed by atoms with Crippen LogP contribution in [0.15, 0.2) is 41.3 Å². The summed E-state index contributed by atoms with van der Waals surface area (Å²) in [6.45, 7) is -0.110. The highest BCUT2D eigenvalue weighted by molar-refractivity contribution is 5.38. The lowest BCUT2D eigenvalue weighted by Gasteiger charge is -2.07. The fourth-order valence-corrected chi connectivity index (χ4v) is 1.74. The van der Waals surface area contributed by atoms with Crippen molar-refractivity contribution in [2.75, 3.05) is 0 Å². The molecule has 0 radical (unpaired) electrons. The van der Waals surface area contributed by atoms with Crippen molar-refractivity contribution in [3.8, 4) is 6.07 Å². The van der Waals surface area contributed by atoms with Crippen molar-refractivity contribution < 1.29 is 9.31 Å². The molecule has 1 heterocycles. The summed E-state index contributed by atoms with van der Waals surface area (Å²) in [6, 6.07) is 7.60. The second-order valence-corrected chi connectivity index (χ2v) is 4.02. The quantitative estimate of drug-likeness (QED) is 0.630. The zero-order valence-electron chi connectivity index (χ0n) is 10.1. The van der Waals surface area contributed by atoms with Gasteiger partial charge in [0.2, 0.25) is 0 Å². The van der Waals surface area contributed by atoms with E-state index in [1.807, 2.05) is 6.07 Å². The first kappa shape index (κ1) is 13.4. The summed E-state index contributed by atoms with van der Waals surface area (Å²) in [5, 5.41) is 19.6. The van der Waals surface area contributed by atoms with Gasteiger partial charge >= 0.3 is 0 Å². The summed E-state index contributed by atoms with van der Waals surface area (Å²) in [6.07, 6.45) is 1.06. The van der Waals surface area contributed by atoms with Gasteiger partial charge in [0.05, 0.1) is 29.3 Å². The number of pyridine rings is 1. The molecule has 1 aromatic heterocycles. The molecule has 0 saturated heterocycles. The van der Waals surface area contributed by atoms with Gasteiger partial charge in [-0.05, 0) is 23.8 Å². The molecule has 1 aromatic carbocycles. The van der Waals surface area contributed by atoms with E-state index >= 15 is 0 Å². The minimum absolute atomic E-state index is 0.110. The van der Waals surface area contributed by atoms with E-state index in [9.17, 15) is 19.3 Å². The number of nitriles is 1. The third kappa shape index (κ3) is 2.70. The van der Waals surface area contributed by atoms with Crippen LogP contribution in [0.3, 0.4) is 0 Å². The molecule has 0 N–H and O–H groups in total. The van der Waals surface area contributed by atoms with Gasteiger partial charge in [0.15, 0.2) is 0 Å². The largest absolute Gasteiger partial charge is 0.304 e. The third-order valence-electron chi connectivity index (χ3n) is 2.71. The molecule has 2 aromatic rings. The molecule has 0 atom stereocenters. The monoisotopic (exact) mass is 273 g/mol. The lowest BCUT2D eigenvalue weighted by Crippen LogP contribution is -2.20. The maximum absolute atomic E-state index is 13.2. The molecular formula is C13H8FN3O3. The summed E-state index contributed by atoms with van der Waals surface area (Å²) in [7, 11) is 0. The summed E-state index contributed by atoms with van der Waals surface area (Å²) in [5.74, 6) is -0.544. The molecule has 0 aliphatic rings. The van der Waals surface area contributed by atoms with Crippen LogP contribution in [0.2, 0.25) is 0 Å². The fourth-order valence-electron chi connectivity index (χ4n) is 1.74. The number of aromatic nitrogens is 1. The van der Waals surface area contributed by atoms with Crippen molar-refractivity contribution in [2.45, 2.75) is 6.54 Å². The zero-order valence-corrected chi connectivity index (χ0v) is 10.1. The van der Waals surface area contributed by atoms with Gasteiger partial charge in [-0.2, -0.15) is 5.26 Å². The minimum Gasteiger partial charge on any atom is -0.304 e. The van der Waals surface area contributed by atoms with E-state index < -0.39 is 16.3 Å². The minimum atomic E-state index is -0.632. The number of nitrogens with zero attached hydrogens (tertiary/aromatic N) is 3. The van der Waals surface area contributed by atoms with E-state index in [2.05, 4.69) is 0 Å². The van der Waals surface area contributed by atoms with Gasteiger partial charge < -0.3 is 4.57 Å². The Morgan fingerprint density at radius 1 is 1.35 bits per heavy atom. The van der Waals surface area contributed by atoms with Crippen molar-refractivity contribution in [2.24, 2.45) is 0 Å². The first-order chi connectivity index (χ1) is 9.51. The van der Waals surface area contributed by atoms with Crippen molar-refractivity contribution in [1.82, 2.24) is 4.57 Å². The molecule has 0 bridgehead atoms. The average molecular weight is 273 g/mol. The van der Waals surface area contributed by atoms with Crippen LogP contribution in [0.25, 0.3) is 0 Å². The predicted molar refractivity (Wildman–Crippen MR) is 67.6 cm³/mol. The summed E-state index contributed by atoms with van der Waals surface area (Å²) in [4.78, 5) is 21.7. The van der Waals surface area contributed by atoms with Gasteiger partial charge in [0.1, 0.15) is 5.82 Å². The molecule has 0 aliphatic heterocycles. The Morgan fingerprint density at radius 2 is 2.10 bits per heavy atom. The molecule has 0 aliphatic carbocycles. The maximum atomic E-state index is 13.2. The second-order valence-electron chi connectivity index (χ2n) is 4.02. The number of halogens is 1. The molecule has 0 fully saturated rings. The molecule has 0 amide bonds. The molecule has 6 nitrogen and oxygen atoms in total. The SMILES string of the molecule is N#Cc1ccc(F)cc1Cn1cc([N+](=O)[O-])ccc1=O. The van der Waals surface area contributed by atoms with E-state index in [0.717, 1.165) is 35.0 Å². The predicted octanol–water partition coefficient (Wildman–Crippen LogP) is 1.82. The Bertz CT molecular complexity index is 777. The molecule has 7 heteroatoms. The number of rotatable bonds is 3. The van der Waals surface area contributed by atoms with Crippen molar-refractivity contribution in [3.05, 3.63) is 73.9 Å². The fraction of sp³-hybridized carbons (Fsp3) is 0.0769. The molecule has 0 spiro atoms. The van der Waals surface area contributed by atoms with Gasteiger partial charge in [-0.1, -0.05) is 0 Å². The first-order valence-corrected chi connectivity index (χ1v) is 5.54. The van der Waals surface area contributed by atoms with Gasteiger partial charge in [0, 0.05) is 12.1 Å². The third-order valence-corrected chi connectivity index (χ3v) is 2.71. The van der Waals surface area contributed by atoms with Crippen LogP contribution < -0.4 is 5.56 Å². The normalized spacial score (nSPS) is 10.0. The Morgan fingerprint density at radius 3 is 2.75 bits per heavy atom. The van der Waals surface area contributed by atoms with E-state index in [1.165, 1.54) is 6.07 Å². The zero-order chi connectivity index (χ0) is 14.7. The Hall–Kier alpha value is -3.01. The van der Waals surface area contributed by atoms with Gasteiger partial charge in [-0.25, -0.2) is 4.39 Å². The molecule has 0 saturated carbocycles. The van der Waals surface area contributed by atoms with Crippen LogP contribution in [-0.4, -0.2) is 9.49 Å². The molecule has 0 unspecified atom stereocenters. The van der Waals surface area contributed by atoms with Gasteiger partial charge in [0.25, 0.3) is 11.2 Å². The number of hydrogen-bond acceptors (Lipinski definition) is 4. The highest BCUT2D eigenvalue weighted by Gasteiger charge is 2.10. The van der Waals surface area contributed by atoms with Gasteiger partial charge in [-0.15, -0.1) is 0 Å². The summed E-state index contributed by atoms with van der Waals surface area (Å²) < 4.78 is 14.3. The van der Waals surface area contributed by atoms with Crippen LogP contribution in [-0.2, 0) is 6.54 Å². The van der Waals surface area contributed by atoms with E-state index in [1.54, 1.807) is 0 Å². The topological polar surface area (TPSA) is 88.9 Å². The van der Waals surface area contributed by atoms with E-state index in [4.69, 9.17) is 5.26 Å². The van der Waals surface area contributed by atoms with Crippen LogP contribution in [0, 0.1) is 27.3 Å². The summed E-state index contributed by atoms with van der Waals surface area (Å²) in [5.41, 5.74) is -0.219. The molecule has 20 heavy (non-hydrogen) atoms. The molecule has 2 rings (SSSR count).